The summed E-state index contributed by atoms with van der Waals surface area (Å²) in [5.74, 6) is -0.416. The third-order valence-corrected chi connectivity index (χ3v) is 2.84. The van der Waals surface area contributed by atoms with E-state index in [-0.39, 0.29) is 5.56 Å². The van der Waals surface area contributed by atoms with Crippen molar-refractivity contribution in [2.45, 2.75) is 0 Å². The van der Waals surface area contributed by atoms with E-state index in [9.17, 15) is 4.79 Å². The molecule has 0 fully saturated rings. The van der Waals surface area contributed by atoms with Gasteiger partial charge in [0.05, 0.1) is 12.7 Å². The lowest BCUT2D eigenvalue weighted by atomic mass is 10.0. The van der Waals surface area contributed by atoms with Gasteiger partial charge < -0.3 is 9.84 Å². The Balaban J connectivity index is 2.65. The molecule has 92 valence electrons. The molecular formula is C13H10ClNO3. The number of carboxylic acids is 1. The van der Waals surface area contributed by atoms with Crippen LogP contribution in [0, 0.1) is 0 Å². The molecule has 2 rings (SSSR count). The standard InChI is InChI=1S/C13H10ClNO3/c1-18-8-2-3-12(14)10(6-8)11-7-15-5-4-9(11)13(16)17/h2-7H,1H3,(H,16,17). The molecule has 0 amide bonds. The first kappa shape index (κ1) is 12.4. The quantitative estimate of drug-likeness (QED) is 0.924. The highest BCUT2D eigenvalue weighted by Gasteiger charge is 2.14. The van der Waals surface area contributed by atoms with Crippen LogP contribution in [0.3, 0.4) is 0 Å². The minimum Gasteiger partial charge on any atom is -0.497 e. The average Bonchev–Trinajstić information content (AvgIpc) is 2.39. The zero-order valence-corrected chi connectivity index (χ0v) is 10.3. The third-order valence-electron chi connectivity index (χ3n) is 2.52. The maximum Gasteiger partial charge on any atom is 0.336 e. The van der Waals surface area contributed by atoms with Crippen LogP contribution in [0.25, 0.3) is 11.1 Å². The van der Waals surface area contributed by atoms with Gasteiger partial charge in [0.15, 0.2) is 0 Å². The van der Waals surface area contributed by atoms with E-state index in [1.165, 1.54) is 25.6 Å². The SMILES string of the molecule is COc1ccc(Cl)c(-c2cnccc2C(=O)O)c1. The topological polar surface area (TPSA) is 59.4 Å². The van der Waals surface area contributed by atoms with E-state index < -0.39 is 5.97 Å². The van der Waals surface area contributed by atoms with Crippen LogP contribution >= 0.6 is 11.6 Å². The van der Waals surface area contributed by atoms with Crippen LogP contribution in [0.15, 0.2) is 36.7 Å². The Hall–Kier alpha value is -2.07. The fourth-order valence-corrected chi connectivity index (χ4v) is 1.85. The predicted octanol–water partition coefficient (Wildman–Crippen LogP) is 3.11. The number of aromatic carboxylic acids is 1. The van der Waals surface area contributed by atoms with Gasteiger partial charge in [0.1, 0.15) is 5.75 Å². The van der Waals surface area contributed by atoms with E-state index in [1.807, 2.05) is 0 Å². The molecule has 1 heterocycles. The van der Waals surface area contributed by atoms with Crippen LogP contribution in [0.1, 0.15) is 10.4 Å². The number of ether oxygens (including phenoxy) is 1. The number of benzene rings is 1. The van der Waals surface area contributed by atoms with Gasteiger partial charge in [-0.25, -0.2) is 4.79 Å². The Labute approximate surface area is 109 Å². The second-order valence-corrected chi connectivity index (χ2v) is 3.98. The van der Waals surface area contributed by atoms with Gasteiger partial charge in [0.2, 0.25) is 0 Å². The molecule has 1 aromatic heterocycles. The van der Waals surface area contributed by atoms with Gasteiger partial charge in [0.25, 0.3) is 0 Å². The van der Waals surface area contributed by atoms with Gasteiger partial charge >= 0.3 is 5.97 Å². The molecule has 0 atom stereocenters. The zero-order chi connectivity index (χ0) is 13.1. The summed E-state index contributed by atoms with van der Waals surface area (Å²) >= 11 is 6.09. The molecule has 5 heteroatoms. The number of rotatable bonds is 3. The number of carboxylic acid groups (broad SMARTS) is 1. The summed E-state index contributed by atoms with van der Waals surface area (Å²) in [5.41, 5.74) is 1.20. The summed E-state index contributed by atoms with van der Waals surface area (Å²) in [6, 6.07) is 6.50. The first-order chi connectivity index (χ1) is 8.63. The zero-order valence-electron chi connectivity index (χ0n) is 9.55. The molecule has 1 N–H and O–H groups in total. The van der Waals surface area contributed by atoms with Crippen molar-refractivity contribution in [2.24, 2.45) is 0 Å². The summed E-state index contributed by atoms with van der Waals surface area (Å²) in [5, 5.41) is 9.59. The fraction of sp³-hybridized carbons (Fsp3) is 0.0769. The van der Waals surface area contributed by atoms with Gasteiger partial charge in [-0.2, -0.15) is 0 Å². The molecule has 0 spiro atoms. The van der Waals surface area contributed by atoms with E-state index in [1.54, 1.807) is 18.2 Å². The fourth-order valence-electron chi connectivity index (χ4n) is 1.63. The lowest BCUT2D eigenvalue weighted by molar-refractivity contribution is 0.0697. The number of aromatic nitrogens is 1. The van der Waals surface area contributed by atoms with Gasteiger partial charge in [-0.15, -0.1) is 0 Å². The summed E-state index contributed by atoms with van der Waals surface area (Å²) in [4.78, 5) is 15.1. The van der Waals surface area contributed by atoms with Crippen LogP contribution in [0.5, 0.6) is 5.75 Å². The minimum atomic E-state index is -1.02. The molecule has 1 aromatic carbocycles. The lowest BCUT2D eigenvalue weighted by Gasteiger charge is -2.09. The van der Waals surface area contributed by atoms with Crippen molar-refractivity contribution in [3.05, 3.63) is 47.2 Å². The molecule has 18 heavy (non-hydrogen) atoms. The molecule has 0 saturated heterocycles. The minimum absolute atomic E-state index is 0.153. The van der Waals surface area contributed by atoms with E-state index >= 15 is 0 Å². The first-order valence-electron chi connectivity index (χ1n) is 5.14. The van der Waals surface area contributed by atoms with Gasteiger partial charge in [-0.05, 0) is 24.3 Å². The Morgan fingerprint density at radius 3 is 2.78 bits per heavy atom. The van der Waals surface area contributed by atoms with Crippen molar-refractivity contribution in [3.63, 3.8) is 0 Å². The highest BCUT2D eigenvalue weighted by molar-refractivity contribution is 6.33. The maximum atomic E-state index is 11.2. The van der Waals surface area contributed by atoms with Gasteiger partial charge in [-0.3, -0.25) is 4.98 Å². The summed E-state index contributed by atoms with van der Waals surface area (Å²) < 4.78 is 5.11. The smallest absolute Gasteiger partial charge is 0.336 e. The molecule has 0 aliphatic rings. The van der Waals surface area contributed by atoms with Crippen molar-refractivity contribution in [1.82, 2.24) is 4.98 Å². The molecule has 0 saturated carbocycles. The molecule has 0 radical (unpaired) electrons. The Morgan fingerprint density at radius 1 is 1.33 bits per heavy atom. The normalized spacial score (nSPS) is 10.1. The third kappa shape index (κ3) is 2.28. The maximum absolute atomic E-state index is 11.2. The molecule has 0 bridgehead atoms. The molecule has 4 nitrogen and oxygen atoms in total. The second kappa shape index (κ2) is 5.06. The van der Waals surface area contributed by atoms with Crippen LogP contribution in [-0.2, 0) is 0 Å². The van der Waals surface area contributed by atoms with Crippen LogP contribution < -0.4 is 4.74 Å². The van der Waals surface area contributed by atoms with Crippen molar-refractivity contribution < 1.29 is 14.6 Å². The van der Waals surface area contributed by atoms with E-state index in [4.69, 9.17) is 21.4 Å². The molecular weight excluding hydrogens is 254 g/mol. The van der Waals surface area contributed by atoms with Crippen LogP contribution in [0.2, 0.25) is 5.02 Å². The first-order valence-corrected chi connectivity index (χ1v) is 5.52. The number of pyridine rings is 1. The Bertz CT molecular complexity index is 599. The number of halogens is 1. The largest absolute Gasteiger partial charge is 0.497 e. The van der Waals surface area contributed by atoms with E-state index in [0.29, 0.717) is 21.9 Å². The predicted molar refractivity (Wildman–Crippen MR) is 68.2 cm³/mol. The van der Waals surface area contributed by atoms with Crippen molar-refractivity contribution in [3.8, 4) is 16.9 Å². The van der Waals surface area contributed by atoms with E-state index in [0.717, 1.165) is 0 Å². The van der Waals surface area contributed by atoms with Gasteiger partial charge in [-0.1, -0.05) is 11.6 Å². The summed E-state index contributed by atoms with van der Waals surface area (Å²) in [6.07, 6.45) is 2.91. The average molecular weight is 264 g/mol. The van der Waals surface area contributed by atoms with Gasteiger partial charge in [0, 0.05) is 28.5 Å². The van der Waals surface area contributed by atoms with Crippen LogP contribution in [0.4, 0.5) is 0 Å². The molecule has 0 aliphatic carbocycles. The van der Waals surface area contributed by atoms with E-state index in [2.05, 4.69) is 4.98 Å². The molecule has 2 aromatic rings. The van der Waals surface area contributed by atoms with Crippen molar-refractivity contribution in [2.75, 3.05) is 7.11 Å². The number of hydrogen-bond donors (Lipinski definition) is 1. The highest BCUT2D eigenvalue weighted by Crippen LogP contribution is 2.33. The molecule has 0 unspecified atom stereocenters. The monoisotopic (exact) mass is 263 g/mol. The van der Waals surface area contributed by atoms with Crippen molar-refractivity contribution in [1.29, 1.82) is 0 Å². The van der Waals surface area contributed by atoms with Crippen molar-refractivity contribution >= 4 is 17.6 Å². The number of hydrogen-bond acceptors (Lipinski definition) is 3. The van der Waals surface area contributed by atoms with Crippen LogP contribution in [-0.4, -0.2) is 23.2 Å². The highest BCUT2D eigenvalue weighted by atomic mass is 35.5. The lowest BCUT2D eigenvalue weighted by Crippen LogP contribution is -2.00. The summed E-state index contributed by atoms with van der Waals surface area (Å²) in [7, 11) is 1.54. The number of nitrogens with zero attached hydrogens (tertiary/aromatic N) is 1. The number of carbonyl (C=O) groups is 1. The second-order valence-electron chi connectivity index (χ2n) is 3.57. The number of methoxy groups -OCH3 is 1. The molecule has 0 aliphatic heterocycles. The summed E-state index contributed by atoms with van der Waals surface area (Å²) in [6.45, 7) is 0. The Kier molecular flexibility index (Phi) is 3.48. The Morgan fingerprint density at radius 2 is 2.11 bits per heavy atom.